The van der Waals surface area contributed by atoms with Crippen molar-refractivity contribution in [3.63, 3.8) is 0 Å². The predicted octanol–water partition coefficient (Wildman–Crippen LogP) is 6.48. The summed E-state index contributed by atoms with van der Waals surface area (Å²) in [5.41, 5.74) is 1.53. The number of nitrogens with one attached hydrogen (secondary N) is 1. The van der Waals surface area contributed by atoms with Crippen molar-refractivity contribution >= 4 is 42.8 Å². The van der Waals surface area contributed by atoms with Gasteiger partial charge in [0, 0.05) is 11.3 Å². The molecule has 204 valence electrons. The molecule has 0 bridgehead atoms. The second-order valence-electron chi connectivity index (χ2n) is 11.3. The Hall–Kier alpha value is -3.74. The molecule has 0 saturated carbocycles. The first-order valence-electron chi connectivity index (χ1n) is 13.2. The third-order valence-corrected chi connectivity index (χ3v) is 11.2. The van der Waals surface area contributed by atoms with Crippen molar-refractivity contribution in [3.8, 4) is 0 Å². The van der Waals surface area contributed by atoms with Crippen molar-refractivity contribution in [3.05, 3.63) is 108 Å². The van der Waals surface area contributed by atoms with Crippen LogP contribution >= 0.6 is 0 Å². The minimum absolute atomic E-state index is 0.388. The lowest BCUT2D eigenvalue weighted by Gasteiger charge is -2.41. The van der Waals surface area contributed by atoms with E-state index in [0.717, 1.165) is 28.6 Å². The fraction of sp³-hybridized carbons (Fsp3) is 0.273. The average Bonchev–Trinajstić information content (AvgIpc) is 2.90. The van der Waals surface area contributed by atoms with Crippen LogP contribution in [0.1, 0.15) is 53.0 Å². The summed E-state index contributed by atoms with van der Waals surface area (Å²) < 4.78 is 5.27. The summed E-state index contributed by atoms with van der Waals surface area (Å²) in [6.07, 6.45) is 7.29. The van der Waals surface area contributed by atoms with E-state index in [1.165, 1.54) is 0 Å². The first-order chi connectivity index (χ1) is 18.4. The van der Waals surface area contributed by atoms with Crippen LogP contribution < -0.4 is 15.7 Å². The summed E-state index contributed by atoms with van der Waals surface area (Å²) in [6.45, 7) is 9.68. The quantitative estimate of drug-likeness (QED) is 0.133. The monoisotopic (exact) mass is 541 g/mol. The zero-order valence-electron chi connectivity index (χ0n) is 23.5. The molecule has 0 aliphatic rings. The van der Waals surface area contributed by atoms with E-state index in [0.29, 0.717) is 17.7 Å². The Morgan fingerprint density at radius 3 is 1.90 bits per heavy atom. The van der Waals surface area contributed by atoms with Crippen molar-refractivity contribution in [1.82, 2.24) is 0 Å². The van der Waals surface area contributed by atoms with E-state index >= 15 is 0 Å². The number of hydrogen-bond acceptors (Lipinski definition) is 4. The summed E-state index contributed by atoms with van der Waals surface area (Å²) in [6, 6.07) is 27.2. The van der Waals surface area contributed by atoms with Gasteiger partial charge in [-0.3, -0.25) is 10.1 Å². The molecule has 0 aliphatic heterocycles. The number of hydrogen-bond donors (Lipinski definition) is 2. The Morgan fingerprint density at radius 2 is 1.41 bits per heavy atom. The van der Waals surface area contributed by atoms with Crippen LogP contribution in [0.3, 0.4) is 0 Å². The van der Waals surface area contributed by atoms with Crippen LogP contribution in [0.25, 0.3) is 6.08 Å². The lowest BCUT2D eigenvalue weighted by Crippen LogP contribution is -2.65. The standard InChI is InChI=1S/C33H39NO4Si/c1-32(2,3)38-31(36)34-28-22-20-26(21-23-28)18-19-27(25-35)13-12-24-33(4,5)39(37,29-14-8-6-9-15-29)30-16-10-7-11-17-30/h6-11,13-23,25,37H,12,24H2,1-5H3,(H,34,36)/b19-18+,27-13+. The average molecular weight is 542 g/mol. The van der Waals surface area contributed by atoms with E-state index in [2.05, 4.69) is 19.2 Å². The fourth-order valence-electron chi connectivity index (χ4n) is 4.53. The van der Waals surface area contributed by atoms with Crippen LogP contribution in [-0.4, -0.2) is 31.1 Å². The smallest absolute Gasteiger partial charge is 0.412 e. The molecular weight excluding hydrogens is 502 g/mol. The Labute approximate surface area is 233 Å². The van der Waals surface area contributed by atoms with Gasteiger partial charge in [0.2, 0.25) is 0 Å². The number of rotatable bonds is 10. The zero-order chi connectivity index (χ0) is 28.5. The summed E-state index contributed by atoms with van der Waals surface area (Å²) in [5.74, 6) is 0. The number of amides is 1. The van der Waals surface area contributed by atoms with Gasteiger partial charge in [-0.1, -0.05) is 105 Å². The van der Waals surface area contributed by atoms with Crippen LogP contribution in [0.5, 0.6) is 0 Å². The molecule has 0 unspecified atom stereocenters. The Morgan fingerprint density at radius 1 is 0.872 bits per heavy atom. The first kappa shape index (κ1) is 29.8. The van der Waals surface area contributed by atoms with Crippen molar-refractivity contribution in [2.24, 2.45) is 0 Å². The van der Waals surface area contributed by atoms with Crippen molar-refractivity contribution < 1.29 is 19.1 Å². The van der Waals surface area contributed by atoms with E-state index in [-0.39, 0.29) is 5.04 Å². The molecule has 5 nitrogen and oxygen atoms in total. The molecule has 0 saturated heterocycles. The molecule has 0 atom stereocenters. The highest BCUT2D eigenvalue weighted by Crippen LogP contribution is 2.40. The molecule has 0 heterocycles. The van der Waals surface area contributed by atoms with Crippen LogP contribution in [0.4, 0.5) is 10.5 Å². The summed E-state index contributed by atoms with van der Waals surface area (Å²) in [4.78, 5) is 36.0. The maximum atomic E-state index is 12.3. The molecule has 3 aromatic carbocycles. The van der Waals surface area contributed by atoms with Crippen molar-refractivity contribution in [2.45, 2.75) is 58.1 Å². The molecule has 0 fully saturated rings. The molecule has 0 spiro atoms. The number of allylic oxidation sites excluding steroid dienone is 3. The van der Waals surface area contributed by atoms with Gasteiger partial charge >= 0.3 is 6.09 Å². The van der Waals surface area contributed by atoms with E-state index in [4.69, 9.17) is 4.74 Å². The van der Waals surface area contributed by atoms with E-state index < -0.39 is 20.0 Å². The Balaban J connectivity index is 1.69. The molecule has 6 heteroatoms. The molecule has 2 N–H and O–H groups in total. The zero-order valence-corrected chi connectivity index (χ0v) is 24.5. The highest BCUT2D eigenvalue weighted by molar-refractivity contribution is 6.98. The minimum Gasteiger partial charge on any atom is -0.444 e. The number of anilines is 1. The third-order valence-electron chi connectivity index (χ3n) is 6.67. The predicted molar refractivity (Wildman–Crippen MR) is 163 cm³/mol. The second kappa shape index (κ2) is 12.9. The highest BCUT2D eigenvalue weighted by atomic mass is 28.4. The lowest BCUT2D eigenvalue weighted by atomic mass is 10.0. The largest absolute Gasteiger partial charge is 0.444 e. The highest BCUT2D eigenvalue weighted by Gasteiger charge is 2.49. The molecule has 3 rings (SSSR count). The van der Waals surface area contributed by atoms with Crippen molar-refractivity contribution in [1.29, 1.82) is 0 Å². The number of aldehydes is 1. The molecule has 0 aromatic heterocycles. The topological polar surface area (TPSA) is 75.6 Å². The first-order valence-corrected chi connectivity index (χ1v) is 15.2. The summed E-state index contributed by atoms with van der Waals surface area (Å²) in [7, 11) is -3.09. The third kappa shape index (κ3) is 8.12. The maximum Gasteiger partial charge on any atom is 0.412 e. The number of carbonyl (C=O) groups excluding carboxylic acids is 2. The number of ether oxygens (including phenoxy) is 1. The Bertz CT molecular complexity index is 1250. The van der Waals surface area contributed by atoms with E-state index in [9.17, 15) is 14.4 Å². The fourth-order valence-corrected chi connectivity index (χ4v) is 8.29. The van der Waals surface area contributed by atoms with Gasteiger partial charge in [-0.15, -0.1) is 0 Å². The summed E-state index contributed by atoms with van der Waals surface area (Å²) in [5, 5.41) is 4.28. The molecule has 0 aliphatic carbocycles. The van der Waals surface area contributed by atoms with Gasteiger partial charge in [0.25, 0.3) is 8.32 Å². The molecule has 39 heavy (non-hydrogen) atoms. The second-order valence-corrected chi connectivity index (χ2v) is 15.2. The lowest BCUT2D eigenvalue weighted by molar-refractivity contribution is -0.104. The number of benzene rings is 3. The van der Waals surface area contributed by atoms with Crippen LogP contribution in [0, 0.1) is 0 Å². The van der Waals surface area contributed by atoms with E-state index in [1.807, 2.05) is 106 Å². The minimum atomic E-state index is -3.09. The van der Waals surface area contributed by atoms with Gasteiger partial charge in [0.05, 0.1) is 0 Å². The van der Waals surface area contributed by atoms with E-state index in [1.54, 1.807) is 18.2 Å². The van der Waals surface area contributed by atoms with Gasteiger partial charge < -0.3 is 9.53 Å². The van der Waals surface area contributed by atoms with Gasteiger partial charge in [0.1, 0.15) is 11.9 Å². The normalized spacial score (nSPS) is 12.8. The number of carbonyl (C=O) groups is 2. The molecule has 1 amide bonds. The maximum absolute atomic E-state index is 12.3. The van der Waals surface area contributed by atoms with Gasteiger partial charge in [0.15, 0.2) is 0 Å². The van der Waals surface area contributed by atoms with Crippen LogP contribution in [0.15, 0.2) is 103 Å². The SMILES string of the molecule is CC(C)(C)OC(=O)Nc1ccc(/C=C/C(C=O)=C\CCC(C)(C)[Si](O)(c2ccccc2)c2ccccc2)cc1. The van der Waals surface area contributed by atoms with Crippen LogP contribution in [-0.2, 0) is 9.53 Å². The van der Waals surface area contributed by atoms with Gasteiger partial charge in [-0.25, -0.2) is 4.79 Å². The van der Waals surface area contributed by atoms with Crippen LogP contribution in [0.2, 0.25) is 5.04 Å². The molecule has 3 aromatic rings. The summed E-state index contributed by atoms with van der Waals surface area (Å²) >= 11 is 0. The van der Waals surface area contributed by atoms with Gasteiger partial charge in [-0.05, 0) is 66.7 Å². The Kier molecular flexibility index (Phi) is 9.84. The molecule has 0 radical (unpaired) electrons. The van der Waals surface area contributed by atoms with Gasteiger partial charge in [-0.2, -0.15) is 0 Å². The van der Waals surface area contributed by atoms with Crippen molar-refractivity contribution in [2.75, 3.05) is 5.32 Å². The molecular formula is C33H39NO4Si.